The minimum Gasteiger partial charge on any atom is -0.598 e. The Hall–Kier alpha value is -3.62. The van der Waals surface area contributed by atoms with Crippen molar-refractivity contribution in [3.63, 3.8) is 0 Å². The van der Waals surface area contributed by atoms with Crippen LogP contribution < -0.4 is 20.3 Å². The van der Waals surface area contributed by atoms with Crippen LogP contribution in [0.1, 0.15) is 47.9 Å². The van der Waals surface area contributed by atoms with Crippen LogP contribution in [0.3, 0.4) is 0 Å². The molecule has 0 aromatic heterocycles. The van der Waals surface area contributed by atoms with Crippen molar-refractivity contribution in [3.05, 3.63) is 58.7 Å². The van der Waals surface area contributed by atoms with Crippen LogP contribution in [0.2, 0.25) is 0 Å². The van der Waals surface area contributed by atoms with Crippen molar-refractivity contribution >= 4 is 40.7 Å². The third kappa shape index (κ3) is 5.47. The van der Waals surface area contributed by atoms with Crippen LogP contribution in [-0.4, -0.2) is 68.8 Å². The summed E-state index contributed by atoms with van der Waals surface area (Å²) in [4.78, 5) is 43.8. The summed E-state index contributed by atoms with van der Waals surface area (Å²) >= 11 is -1.30. The highest BCUT2D eigenvalue weighted by molar-refractivity contribution is 7.89. The van der Waals surface area contributed by atoms with Gasteiger partial charge in [-0.25, -0.2) is 4.79 Å². The maximum absolute atomic E-state index is 13.3. The van der Waals surface area contributed by atoms with Gasteiger partial charge >= 0.3 is 12.4 Å². The number of amides is 4. The van der Waals surface area contributed by atoms with E-state index in [9.17, 15) is 32.1 Å². The molecule has 0 bridgehead atoms. The van der Waals surface area contributed by atoms with Gasteiger partial charge in [0, 0.05) is 42.1 Å². The van der Waals surface area contributed by atoms with Crippen molar-refractivity contribution in [2.24, 2.45) is 4.99 Å². The number of halogens is 3. The SMILES string of the molecule is Cc1cc(N2C(=O)NC(=O)C23CC3)cc(C)c1CC[S+]([O-])N1CCC2(CC1)N=C(c1ccc(OC(F)(F)F)cc1)NC2=O. The number of carbonyl (C=O) groups excluding carboxylic acids is 3. The molecule has 10 nitrogen and oxygen atoms in total. The van der Waals surface area contributed by atoms with Gasteiger partial charge in [-0.1, -0.05) is 0 Å². The molecule has 0 radical (unpaired) electrons. The zero-order valence-corrected chi connectivity index (χ0v) is 24.4. The number of benzene rings is 2. The highest BCUT2D eigenvalue weighted by Gasteiger charge is 2.62. The molecule has 2 spiro atoms. The molecule has 4 aliphatic rings. The van der Waals surface area contributed by atoms with Crippen molar-refractivity contribution in [2.45, 2.75) is 63.4 Å². The maximum atomic E-state index is 13.3. The van der Waals surface area contributed by atoms with E-state index in [-0.39, 0.29) is 23.4 Å². The molecule has 2 aromatic carbocycles. The number of nitrogens with one attached hydrogen (secondary N) is 2. The summed E-state index contributed by atoms with van der Waals surface area (Å²) in [6, 6.07) is 8.54. The summed E-state index contributed by atoms with van der Waals surface area (Å²) in [5, 5.41) is 5.17. The average molecular weight is 618 g/mol. The van der Waals surface area contributed by atoms with Crippen molar-refractivity contribution in [2.75, 3.05) is 23.7 Å². The average Bonchev–Trinajstić information content (AvgIpc) is 3.61. The number of rotatable bonds is 7. The monoisotopic (exact) mass is 617 g/mol. The molecule has 43 heavy (non-hydrogen) atoms. The zero-order valence-electron chi connectivity index (χ0n) is 23.5. The second-order valence-corrected chi connectivity index (χ2v) is 13.0. The Morgan fingerprint density at radius 1 is 0.977 bits per heavy atom. The second kappa shape index (κ2) is 10.5. The van der Waals surface area contributed by atoms with Crippen molar-refractivity contribution in [1.82, 2.24) is 14.9 Å². The molecule has 228 valence electrons. The lowest BCUT2D eigenvalue weighted by atomic mass is 9.89. The predicted octanol–water partition coefficient (Wildman–Crippen LogP) is 3.41. The third-order valence-corrected chi connectivity index (χ3v) is 10.1. The van der Waals surface area contributed by atoms with Crippen LogP contribution in [0.25, 0.3) is 0 Å². The highest BCUT2D eigenvalue weighted by Crippen LogP contribution is 2.47. The number of anilines is 1. The van der Waals surface area contributed by atoms with Crippen LogP contribution >= 0.6 is 0 Å². The van der Waals surface area contributed by atoms with Crippen molar-refractivity contribution in [1.29, 1.82) is 0 Å². The van der Waals surface area contributed by atoms with E-state index in [0.717, 1.165) is 16.7 Å². The van der Waals surface area contributed by atoms with Crippen LogP contribution in [0.15, 0.2) is 41.4 Å². The maximum Gasteiger partial charge on any atom is 0.573 e. The first kappa shape index (κ1) is 29.5. The minimum atomic E-state index is -4.80. The Kier molecular flexibility index (Phi) is 7.21. The highest BCUT2D eigenvalue weighted by atomic mass is 32.2. The van der Waals surface area contributed by atoms with E-state index in [1.807, 2.05) is 30.3 Å². The van der Waals surface area contributed by atoms with E-state index in [1.54, 1.807) is 4.90 Å². The number of piperidine rings is 1. The van der Waals surface area contributed by atoms with E-state index >= 15 is 0 Å². The Labute approximate surface area is 249 Å². The molecule has 1 saturated carbocycles. The molecule has 3 heterocycles. The summed E-state index contributed by atoms with van der Waals surface area (Å²) < 4.78 is 56.4. The molecule has 3 aliphatic heterocycles. The largest absolute Gasteiger partial charge is 0.598 e. The Morgan fingerprint density at radius 2 is 1.60 bits per heavy atom. The van der Waals surface area contributed by atoms with Crippen LogP contribution in [0, 0.1) is 13.8 Å². The smallest absolute Gasteiger partial charge is 0.573 e. The minimum absolute atomic E-state index is 0.249. The van der Waals surface area contributed by atoms with Crippen LogP contribution in [0.4, 0.5) is 23.7 Å². The number of nitrogens with zero attached hydrogens (tertiary/aromatic N) is 3. The molecule has 6 rings (SSSR count). The van der Waals surface area contributed by atoms with Gasteiger partial charge in [0.05, 0.1) is 0 Å². The lowest BCUT2D eigenvalue weighted by Gasteiger charge is -2.35. The quantitative estimate of drug-likeness (QED) is 0.362. The number of amidine groups is 1. The van der Waals surface area contributed by atoms with Gasteiger partial charge in [0.25, 0.3) is 11.8 Å². The molecule has 3 fully saturated rings. The van der Waals surface area contributed by atoms with Gasteiger partial charge < -0.3 is 14.6 Å². The van der Waals surface area contributed by atoms with Gasteiger partial charge in [-0.15, -0.1) is 17.5 Å². The molecule has 1 aliphatic carbocycles. The van der Waals surface area contributed by atoms with Gasteiger partial charge in [0.1, 0.15) is 28.4 Å². The Bertz CT molecular complexity index is 1490. The first-order valence-corrected chi connectivity index (χ1v) is 15.2. The predicted molar refractivity (Wildman–Crippen MR) is 152 cm³/mol. The molecule has 14 heteroatoms. The number of imide groups is 1. The van der Waals surface area contributed by atoms with Gasteiger partial charge in [0.15, 0.2) is 0 Å². The van der Waals surface area contributed by atoms with E-state index in [2.05, 4.69) is 20.4 Å². The number of aliphatic imine (C=N–C) groups is 1. The number of hydrogen-bond acceptors (Lipinski definition) is 7. The number of ether oxygens (including phenoxy) is 1. The van der Waals surface area contributed by atoms with Gasteiger partial charge in [-0.05, 0) is 92.6 Å². The molecule has 2 aromatic rings. The third-order valence-electron chi connectivity index (χ3n) is 8.64. The fourth-order valence-corrected chi connectivity index (χ4v) is 7.40. The number of aryl methyl sites for hydroxylation is 2. The first-order valence-electron chi connectivity index (χ1n) is 14.0. The topological polar surface area (TPSA) is 126 Å². The van der Waals surface area contributed by atoms with E-state index in [0.29, 0.717) is 62.2 Å². The van der Waals surface area contributed by atoms with E-state index in [4.69, 9.17) is 0 Å². The fourth-order valence-electron chi connectivity index (χ4n) is 6.18. The Balaban J connectivity index is 1.06. The van der Waals surface area contributed by atoms with Crippen molar-refractivity contribution in [3.8, 4) is 5.75 Å². The molecule has 2 saturated heterocycles. The summed E-state index contributed by atoms with van der Waals surface area (Å²) in [7, 11) is 0. The van der Waals surface area contributed by atoms with E-state index in [1.165, 1.54) is 24.3 Å². The van der Waals surface area contributed by atoms with Crippen molar-refractivity contribution < 1.29 is 36.8 Å². The normalized spacial score (nSPS) is 21.7. The zero-order chi connectivity index (χ0) is 30.7. The first-order chi connectivity index (χ1) is 20.3. The van der Waals surface area contributed by atoms with Gasteiger partial charge in [-0.2, -0.15) is 0 Å². The fraction of sp³-hybridized carbons (Fsp3) is 0.448. The van der Waals surface area contributed by atoms with Crippen LogP contribution in [0.5, 0.6) is 5.75 Å². The lowest BCUT2D eigenvalue weighted by Crippen LogP contribution is -2.50. The Morgan fingerprint density at radius 3 is 2.19 bits per heavy atom. The van der Waals surface area contributed by atoms with Gasteiger partial charge in [0.2, 0.25) is 0 Å². The summed E-state index contributed by atoms with van der Waals surface area (Å²) in [6.07, 6.45) is -2.25. The number of carbonyl (C=O) groups is 3. The summed E-state index contributed by atoms with van der Waals surface area (Å²) in [5.41, 5.74) is 2.32. The van der Waals surface area contributed by atoms with Crippen LogP contribution in [-0.2, 0) is 27.4 Å². The molecule has 1 unspecified atom stereocenters. The summed E-state index contributed by atoms with van der Waals surface area (Å²) in [6.45, 7) is 4.68. The lowest BCUT2D eigenvalue weighted by molar-refractivity contribution is -0.274. The number of urea groups is 1. The summed E-state index contributed by atoms with van der Waals surface area (Å²) in [5.74, 6) is -0.225. The molecular formula is C29H30F3N5O5S. The van der Waals surface area contributed by atoms with E-state index < -0.39 is 34.8 Å². The molecular weight excluding hydrogens is 587 g/mol. The second-order valence-electron chi connectivity index (χ2n) is 11.4. The molecule has 2 N–H and O–H groups in total. The van der Waals surface area contributed by atoms with Gasteiger partial charge in [-0.3, -0.25) is 24.8 Å². The molecule has 1 atom stereocenters. The number of hydrogen-bond donors (Lipinski definition) is 2. The number of alkyl halides is 3. The molecule has 4 amide bonds. The standard InChI is InChI=1S/C29H30F3N5O5S/c1-17-15-20(37-26(40)34-25(39)28(37)8-9-28)16-18(2)22(17)7-14-43(41)36-12-10-27(11-13-36)24(38)33-23(35-27)19-3-5-21(6-4-19)42-29(30,31)32/h3-6,15-16H,7-14H2,1-2H3,(H,33,35,38)(H,34,39,40).